The fourth-order valence-electron chi connectivity index (χ4n) is 3.97. The Hall–Kier alpha value is -3.71. The van der Waals surface area contributed by atoms with E-state index < -0.39 is 34.7 Å². The van der Waals surface area contributed by atoms with E-state index in [1.807, 2.05) is 11.8 Å². The summed E-state index contributed by atoms with van der Waals surface area (Å²) in [5.41, 5.74) is 1.72. The third-order valence-electron chi connectivity index (χ3n) is 5.81. The third-order valence-corrected chi connectivity index (χ3v) is 6.97. The Bertz CT molecular complexity index is 1420. The van der Waals surface area contributed by atoms with Gasteiger partial charge >= 0.3 is 6.03 Å². The van der Waals surface area contributed by atoms with E-state index in [1.165, 1.54) is 6.07 Å². The Morgan fingerprint density at radius 2 is 1.84 bits per heavy atom. The van der Waals surface area contributed by atoms with Crippen LogP contribution in [0.2, 0.25) is 0 Å². The molecular weight excluding hydrogens is 523 g/mol. The number of benzene rings is 2. The van der Waals surface area contributed by atoms with Crippen molar-refractivity contribution in [3.63, 3.8) is 0 Å². The average Bonchev–Trinajstić information content (AvgIpc) is 2.87. The van der Waals surface area contributed by atoms with Crippen molar-refractivity contribution in [1.82, 2.24) is 15.3 Å². The second-order valence-electron chi connectivity index (χ2n) is 8.77. The van der Waals surface area contributed by atoms with E-state index in [0.29, 0.717) is 42.7 Å². The monoisotopic (exact) mass is 549 g/mol. The zero-order valence-electron chi connectivity index (χ0n) is 20.6. The number of nitrogens with zero attached hydrogens (tertiary/aromatic N) is 3. The number of alkyl halides is 2. The van der Waals surface area contributed by atoms with Crippen molar-refractivity contribution >= 4 is 27.5 Å². The first-order valence-corrected chi connectivity index (χ1v) is 13.6. The third kappa shape index (κ3) is 6.58. The van der Waals surface area contributed by atoms with Crippen LogP contribution in [-0.2, 0) is 14.6 Å². The van der Waals surface area contributed by atoms with E-state index in [1.54, 1.807) is 30.3 Å². The number of nitrogens with one attached hydrogen (secondary N) is 2. The van der Waals surface area contributed by atoms with Crippen LogP contribution in [-0.4, -0.2) is 69.4 Å². The molecule has 0 spiro atoms. The minimum atomic E-state index is -3.71. The van der Waals surface area contributed by atoms with Crippen molar-refractivity contribution in [3.8, 4) is 22.5 Å². The number of aromatic nitrogens is 2. The highest BCUT2D eigenvalue weighted by Crippen LogP contribution is 2.32. The topological polar surface area (TPSA) is 114 Å². The molecule has 9 nitrogen and oxygen atoms in total. The highest BCUT2D eigenvalue weighted by Gasteiger charge is 2.24. The molecule has 0 bridgehead atoms. The van der Waals surface area contributed by atoms with Crippen LogP contribution < -0.4 is 15.5 Å². The molecule has 1 unspecified atom stereocenters. The van der Waals surface area contributed by atoms with Crippen molar-refractivity contribution in [3.05, 3.63) is 54.3 Å². The van der Waals surface area contributed by atoms with Crippen LogP contribution in [0, 0.1) is 5.82 Å². The molecule has 2 N–H and O–H groups in total. The van der Waals surface area contributed by atoms with Crippen LogP contribution in [0.5, 0.6) is 0 Å². The maximum atomic E-state index is 14.3. The van der Waals surface area contributed by atoms with Crippen molar-refractivity contribution in [2.75, 3.05) is 42.8 Å². The molecular formula is C25H26F3N5O4S. The molecule has 202 valence electrons. The van der Waals surface area contributed by atoms with Crippen LogP contribution in [0.1, 0.15) is 6.92 Å². The summed E-state index contributed by atoms with van der Waals surface area (Å²) in [4.78, 5) is 23.0. The number of carbonyl (C=O) groups is 1. The predicted octanol–water partition coefficient (Wildman–Crippen LogP) is 3.96. The van der Waals surface area contributed by atoms with Crippen molar-refractivity contribution < 1.29 is 31.1 Å². The molecule has 0 radical (unpaired) electrons. The lowest BCUT2D eigenvalue weighted by atomic mass is 10.1. The number of rotatable bonds is 7. The van der Waals surface area contributed by atoms with Gasteiger partial charge in [0.2, 0.25) is 5.95 Å². The second kappa shape index (κ2) is 11.4. The number of hydrogen-bond donors (Lipinski definition) is 2. The zero-order chi connectivity index (χ0) is 27.4. The molecule has 2 aromatic carbocycles. The number of sulfone groups is 1. The van der Waals surface area contributed by atoms with Gasteiger partial charge < -0.3 is 20.3 Å². The molecule has 3 aromatic rings. The molecule has 2 heterocycles. The summed E-state index contributed by atoms with van der Waals surface area (Å²) in [6, 6.07) is 10.6. The lowest BCUT2D eigenvalue weighted by Crippen LogP contribution is -2.44. The maximum absolute atomic E-state index is 14.3. The van der Waals surface area contributed by atoms with E-state index in [-0.39, 0.29) is 22.2 Å². The molecule has 4 rings (SSSR count). The number of urea groups is 1. The van der Waals surface area contributed by atoms with E-state index in [0.717, 1.165) is 18.4 Å². The Morgan fingerprint density at radius 3 is 2.50 bits per heavy atom. The Labute approximate surface area is 218 Å². The van der Waals surface area contributed by atoms with Gasteiger partial charge in [0, 0.05) is 29.6 Å². The van der Waals surface area contributed by atoms with Gasteiger partial charge in [0.15, 0.2) is 9.84 Å². The van der Waals surface area contributed by atoms with Gasteiger partial charge in [0.1, 0.15) is 5.82 Å². The summed E-state index contributed by atoms with van der Waals surface area (Å²) in [7, 11) is -3.71. The highest BCUT2D eigenvalue weighted by atomic mass is 32.2. The van der Waals surface area contributed by atoms with Gasteiger partial charge in [-0.2, -0.15) is 0 Å². The number of hydrogen-bond acceptors (Lipinski definition) is 7. The quantitative estimate of drug-likeness (QED) is 0.429. The second-order valence-corrected chi connectivity index (χ2v) is 10.8. The first-order valence-electron chi connectivity index (χ1n) is 11.7. The minimum Gasteiger partial charge on any atom is -0.377 e. The van der Waals surface area contributed by atoms with E-state index in [4.69, 9.17) is 9.72 Å². The summed E-state index contributed by atoms with van der Waals surface area (Å²) in [5, 5.41) is 4.52. The van der Waals surface area contributed by atoms with Gasteiger partial charge in [-0.3, -0.25) is 0 Å². The Kier molecular flexibility index (Phi) is 8.17. The van der Waals surface area contributed by atoms with E-state index in [9.17, 15) is 26.4 Å². The Morgan fingerprint density at radius 1 is 1.13 bits per heavy atom. The molecule has 13 heteroatoms. The van der Waals surface area contributed by atoms with Crippen molar-refractivity contribution in [2.45, 2.75) is 24.3 Å². The molecule has 1 aliphatic heterocycles. The fraction of sp³-hybridized carbons (Fsp3) is 0.320. The molecule has 1 saturated heterocycles. The number of halogens is 3. The lowest BCUT2D eigenvalue weighted by Gasteiger charge is -2.33. The van der Waals surface area contributed by atoms with E-state index >= 15 is 0 Å². The SMILES string of the molecule is CC1COCCN1c1nc(-c2ccc(NC(=O)NCC(F)F)cc2)cc(-c2cc(F)ccc2S(C)(=O)=O)n1. The minimum absolute atomic E-state index is 0.0629. The van der Waals surface area contributed by atoms with Gasteiger partial charge in [0.05, 0.1) is 42.1 Å². The lowest BCUT2D eigenvalue weighted by molar-refractivity contribution is 0.0981. The summed E-state index contributed by atoms with van der Waals surface area (Å²) < 4.78 is 69.3. The number of carbonyl (C=O) groups excluding carboxylic acids is 1. The molecule has 0 saturated carbocycles. The van der Waals surface area contributed by atoms with Gasteiger partial charge in [0.25, 0.3) is 6.43 Å². The van der Waals surface area contributed by atoms with Crippen LogP contribution in [0.25, 0.3) is 22.5 Å². The number of ether oxygens (including phenoxy) is 1. The predicted molar refractivity (Wildman–Crippen MR) is 137 cm³/mol. The zero-order valence-corrected chi connectivity index (χ0v) is 21.4. The van der Waals surface area contributed by atoms with E-state index in [2.05, 4.69) is 15.6 Å². The first kappa shape index (κ1) is 27.3. The fourth-order valence-corrected chi connectivity index (χ4v) is 4.85. The molecule has 1 atom stereocenters. The standard InChI is InChI=1S/C25H26F3N5O4S/c1-15-14-37-10-9-33(15)24-31-20(16-3-6-18(7-4-16)30-25(34)29-13-23(27)28)12-21(32-24)19-11-17(26)5-8-22(19)38(2,35)36/h3-8,11-12,15,23H,9-10,13-14H2,1-2H3,(H2,29,30,34). The Balaban J connectivity index is 1.75. The molecule has 0 aliphatic carbocycles. The molecule has 1 aromatic heterocycles. The molecule has 1 aliphatic rings. The summed E-state index contributed by atoms with van der Waals surface area (Å²) in [5.74, 6) is -0.292. The number of morpholine rings is 1. The smallest absolute Gasteiger partial charge is 0.319 e. The van der Waals surface area contributed by atoms with Crippen LogP contribution >= 0.6 is 0 Å². The summed E-state index contributed by atoms with van der Waals surface area (Å²) in [6.45, 7) is 2.58. The van der Waals surface area contributed by atoms with Gasteiger partial charge in [-0.05, 0) is 43.3 Å². The van der Waals surface area contributed by atoms with Crippen molar-refractivity contribution in [2.24, 2.45) is 0 Å². The van der Waals surface area contributed by atoms with Gasteiger partial charge in [-0.15, -0.1) is 0 Å². The summed E-state index contributed by atoms with van der Waals surface area (Å²) >= 11 is 0. The highest BCUT2D eigenvalue weighted by molar-refractivity contribution is 7.90. The van der Waals surface area contributed by atoms with Crippen LogP contribution in [0.3, 0.4) is 0 Å². The van der Waals surface area contributed by atoms with Crippen LogP contribution in [0.15, 0.2) is 53.4 Å². The van der Waals surface area contributed by atoms with Crippen molar-refractivity contribution in [1.29, 1.82) is 0 Å². The molecule has 38 heavy (non-hydrogen) atoms. The van der Waals surface area contributed by atoms with Crippen LogP contribution in [0.4, 0.5) is 29.6 Å². The normalized spacial score (nSPS) is 15.9. The van der Waals surface area contributed by atoms with Gasteiger partial charge in [-0.1, -0.05) is 12.1 Å². The number of amides is 2. The first-order chi connectivity index (χ1) is 18.0. The summed E-state index contributed by atoms with van der Waals surface area (Å²) in [6.07, 6.45) is -1.63. The maximum Gasteiger partial charge on any atom is 0.319 e. The average molecular weight is 550 g/mol. The number of anilines is 2. The largest absolute Gasteiger partial charge is 0.377 e. The molecule has 2 amide bonds. The molecule has 1 fully saturated rings. The van der Waals surface area contributed by atoms with Gasteiger partial charge in [-0.25, -0.2) is 36.4 Å².